The van der Waals surface area contributed by atoms with Crippen molar-refractivity contribution in [1.29, 1.82) is 0 Å². The molecular formula is C11H14O2S. The van der Waals surface area contributed by atoms with Crippen molar-refractivity contribution < 1.29 is 10.2 Å². The zero-order valence-electron chi connectivity index (χ0n) is 7.84. The molecule has 0 amide bonds. The van der Waals surface area contributed by atoms with E-state index in [1.54, 1.807) is 11.8 Å². The Bertz CT molecular complexity index is 289. The molecule has 3 atom stereocenters. The Morgan fingerprint density at radius 1 is 1.29 bits per heavy atom. The standard InChI is InChI=1S/C11H14O2S/c12-7-11-9(13)6-10(14-11)8-4-2-1-3-5-8/h1-5,9-13H,6-7H2/t9-,10+,11-/m0/s1. The Labute approximate surface area is 88.0 Å². The van der Waals surface area contributed by atoms with E-state index in [0.717, 1.165) is 6.42 Å². The fourth-order valence-corrected chi connectivity index (χ4v) is 3.20. The second-order valence-corrected chi connectivity index (χ2v) is 5.01. The summed E-state index contributed by atoms with van der Waals surface area (Å²) >= 11 is 1.67. The summed E-state index contributed by atoms with van der Waals surface area (Å²) in [5, 5.41) is 19.0. The molecule has 1 fully saturated rings. The minimum absolute atomic E-state index is 0.0137. The lowest BCUT2D eigenvalue weighted by molar-refractivity contribution is 0.141. The number of thioether (sulfide) groups is 1. The van der Waals surface area contributed by atoms with E-state index in [1.165, 1.54) is 5.56 Å². The quantitative estimate of drug-likeness (QED) is 0.778. The van der Waals surface area contributed by atoms with Crippen LogP contribution in [-0.4, -0.2) is 28.2 Å². The molecule has 1 heterocycles. The molecule has 2 N–H and O–H groups in total. The summed E-state index contributed by atoms with van der Waals surface area (Å²) in [4.78, 5) is 0. The fraction of sp³-hybridized carbons (Fsp3) is 0.455. The van der Waals surface area contributed by atoms with Crippen LogP contribution in [0.2, 0.25) is 0 Å². The van der Waals surface area contributed by atoms with Crippen LogP contribution in [-0.2, 0) is 0 Å². The van der Waals surface area contributed by atoms with Crippen molar-refractivity contribution in [2.45, 2.75) is 23.0 Å². The number of rotatable bonds is 2. The minimum Gasteiger partial charge on any atom is -0.395 e. The van der Waals surface area contributed by atoms with E-state index in [2.05, 4.69) is 12.1 Å². The van der Waals surface area contributed by atoms with Gasteiger partial charge in [-0.05, 0) is 12.0 Å². The third-order valence-electron chi connectivity index (χ3n) is 2.58. The maximum absolute atomic E-state index is 9.64. The predicted molar refractivity (Wildman–Crippen MR) is 58.3 cm³/mol. The Morgan fingerprint density at radius 2 is 2.00 bits per heavy atom. The van der Waals surface area contributed by atoms with Crippen LogP contribution in [0.3, 0.4) is 0 Å². The summed E-state index contributed by atoms with van der Waals surface area (Å²) in [5.74, 6) is 0. The van der Waals surface area contributed by atoms with Crippen LogP contribution in [0.5, 0.6) is 0 Å². The molecule has 1 aliphatic rings. The van der Waals surface area contributed by atoms with Crippen molar-refractivity contribution in [3.8, 4) is 0 Å². The molecule has 1 aromatic carbocycles. The third kappa shape index (κ3) is 1.95. The van der Waals surface area contributed by atoms with Crippen molar-refractivity contribution in [1.82, 2.24) is 0 Å². The van der Waals surface area contributed by atoms with E-state index in [-0.39, 0.29) is 18.0 Å². The van der Waals surface area contributed by atoms with Gasteiger partial charge in [-0.25, -0.2) is 0 Å². The SMILES string of the molecule is OC[C@@H]1S[C@@H](c2ccccc2)C[C@@H]1O. The van der Waals surface area contributed by atoms with Crippen LogP contribution < -0.4 is 0 Å². The van der Waals surface area contributed by atoms with Gasteiger partial charge in [0.1, 0.15) is 0 Å². The van der Waals surface area contributed by atoms with Gasteiger partial charge in [0.05, 0.1) is 18.0 Å². The third-order valence-corrected chi connectivity index (χ3v) is 4.18. The van der Waals surface area contributed by atoms with Crippen LogP contribution in [0.4, 0.5) is 0 Å². The number of aliphatic hydroxyl groups excluding tert-OH is 2. The summed E-state index contributed by atoms with van der Waals surface area (Å²) in [6, 6.07) is 10.2. The Hall–Kier alpha value is -0.510. The van der Waals surface area contributed by atoms with Crippen molar-refractivity contribution in [3.63, 3.8) is 0 Å². The first-order valence-corrected chi connectivity index (χ1v) is 5.75. The topological polar surface area (TPSA) is 40.5 Å². The van der Waals surface area contributed by atoms with Gasteiger partial charge in [-0.1, -0.05) is 30.3 Å². The lowest BCUT2D eigenvalue weighted by atomic mass is 10.1. The van der Waals surface area contributed by atoms with E-state index in [4.69, 9.17) is 5.11 Å². The Kier molecular flexibility index (Phi) is 3.11. The highest BCUT2D eigenvalue weighted by Gasteiger charge is 2.33. The smallest absolute Gasteiger partial charge is 0.0695 e. The average Bonchev–Trinajstić information content (AvgIpc) is 2.61. The first kappa shape index (κ1) is 10.0. The monoisotopic (exact) mass is 210 g/mol. The van der Waals surface area contributed by atoms with Crippen LogP contribution >= 0.6 is 11.8 Å². The molecule has 3 heteroatoms. The molecular weight excluding hydrogens is 196 g/mol. The van der Waals surface area contributed by atoms with Crippen LogP contribution in [0.1, 0.15) is 17.2 Å². The summed E-state index contributed by atoms with van der Waals surface area (Å²) in [7, 11) is 0. The number of aliphatic hydroxyl groups is 2. The predicted octanol–water partition coefficient (Wildman–Crippen LogP) is 1.59. The van der Waals surface area contributed by atoms with E-state index in [1.807, 2.05) is 18.2 Å². The van der Waals surface area contributed by atoms with Gasteiger partial charge in [-0.15, -0.1) is 11.8 Å². The van der Waals surface area contributed by atoms with Crippen LogP contribution in [0.25, 0.3) is 0 Å². The van der Waals surface area contributed by atoms with Gasteiger partial charge in [0, 0.05) is 5.25 Å². The van der Waals surface area contributed by atoms with Crippen LogP contribution in [0, 0.1) is 0 Å². The summed E-state index contributed by atoms with van der Waals surface area (Å²) < 4.78 is 0. The lowest BCUT2D eigenvalue weighted by Crippen LogP contribution is -2.20. The molecule has 14 heavy (non-hydrogen) atoms. The molecule has 0 aromatic heterocycles. The van der Waals surface area contributed by atoms with E-state index in [0.29, 0.717) is 5.25 Å². The first-order valence-electron chi connectivity index (χ1n) is 4.80. The van der Waals surface area contributed by atoms with Crippen molar-refractivity contribution in [2.75, 3.05) is 6.61 Å². The van der Waals surface area contributed by atoms with Crippen molar-refractivity contribution >= 4 is 11.8 Å². The average molecular weight is 210 g/mol. The lowest BCUT2D eigenvalue weighted by Gasteiger charge is -2.09. The minimum atomic E-state index is -0.366. The zero-order valence-corrected chi connectivity index (χ0v) is 8.65. The van der Waals surface area contributed by atoms with Gasteiger partial charge in [0.2, 0.25) is 0 Å². The number of hydrogen-bond acceptors (Lipinski definition) is 3. The highest BCUT2D eigenvalue weighted by atomic mass is 32.2. The molecule has 76 valence electrons. The van der Waals surface area contributed by atoms with Crippen LogP contribution in [0.15, 0.2) is 30.3 Å². The molecule has 0 saturated carbocycles. The molecule has 2 rings (SSSR count). The van der Waals surface area contributed by atoms with Gasteiger partial charge in [-0.2, -0.15) is 0 Å². The summed E-state index contributed by atoms with van der Waals surface area (Å²) in [6.07, 6.45) is 0.384. The molecule has 0 aliphatic carbocycles. The second-order valence-electron chi connectivity index (χ2n) is 3.56. The highest BCUT2D eigenvalue weighted by molar-refractivity contribution is 8.00. The van der Waals surface area contributed by atoms with E-state index >= 15 is 0 Å². The molecule has 0 bridgehead atoms. The maximum Gasteiger partial charge on any atom is 0.0695 e. The molecule has 1 saturated heterocycles. The fourth-order valence-electron chi connectivity index (χ4n) is 1.78. The molecule has 1 aromatic rings. The number of benzene rings is 1. The number of hydrogen-bond donors (Lipinski definition) is 2. The van der Waals surface area contributed by atoms with Crippen molar-refractivity contribution in [3.05, 3.63) is 35.9 Å². The summed E-state index contributed by atoms with van der Waals surface area (Å²) in [6.45, 7) is 0.0646. The van der Waals surface area contributed by atoms with Gasteiger partial charge in [0.25, 0.3) is 0 Å². The molecule has 1 aliphatic heterocycles. The molecule has 0 unspecified atom stereocenters. The van der Waals surface area contributed by atoms with Gasteiger partial charge in [0.15, 0.2) is 0 Å². The zero-order chi connectivity index (χ0) is 9.97. The van der Waals surface area contributed by atoms with Gasteiger partial charge >= 0.3 is 0 Å². The molecule has 0 spiro atoms. The maximum atomic E-state index is 9.64. The molecule has 2 nitrogen and oxygen atoms in total. The van der Waals surface area contributed by atoms with E-state index < -0.39 is 0 Å². The van der Waals surface area contributed by atoms with Crippen molar-refractivity contribution in [2.24, 2.45) is 0 Å². The van der Waals surface area contributed by atoms with E-state index in [9.17, 15) is 5.11 Å². The normalized spacial score (nSPS) is 32.0. The highest BCUT2D eigenvalue weighted by Crippen LogP contribution is 2.44. The summed E-state index contributed by atoms with van der Waals surface area (Å²) in [5.41, 5.74) is 1.24. The largest absolute Gasteiger partial charge is 0.395 e. The molecule has 0 radical (unpaired) electrons. The van der Waals surface area contributed by atoms with Gasteiger partial charge in [-0.3, -0.25) is 0 Å². The second kappa shape index (κ2) is 4.34. The van der Waals surface area contributed by atoms with Gasteiger partial charge < -0.3 is 10.2 Å². The Balaban J connectivity index is 2.09. The first-order chi connectivity index (χ1) is 6.81. The Morgan fingerprint density at radius 3 is 2.57 bits per heavy atom.